The molecular weight excluding hydrogens is 627 g/mol. The van der Waals surface area contributed by atoms with Gasteiger partial charge in [-0.25, -0.2) is 19.8 Å². The van der Waals surface area contributed by atoms with Crippen molar-refractivity contribution in [2.45, 2.75) is 6.92 Å². The Balaban J connectivity index is 1.49. The molecule has 2 aromatic heterocycles. The summed E-state index contributed by atoms with van der Waals surface area (Å²) in [6.45, 7) is 9.48. The van der Waals surface area contributed by atoms with Crippen molar-refractivity contribution in [2.75, 3.05) is 0 Å². The van der Waals surface area contributed by atoms with E-state index in [1.165, 1.54) is 0 Å². The second kappa shape index (κ2) is 12.4. The van der Waals surface area contributed by atoms with Gasteiger partial charge in [0.2, 0.25) is 0 Å². The van der Waals surface area contributed by atoms with Gasteiger partial charge in [0, 0.05) is 27.3 Å². The van der Waals surface area contributed by atoms with Gasteiger partial charge in [-0.2, -0.15) is 15.8 Å². The Kier molecular flexibility index (Phi) is 7.44. The molecular formula is C44H23N7. The Morgan fingerprint density at radius 1 is 0.529 bits per heavy atom. The maximum Gasteiger partial charge on any atom is 0.187 e. The molecule has 234 valence electrons. The predicted octanol–water partition coefficient (Wildman–Crippen LogP) is 10.5. The van der Waals surface area contributed by atoms with Crippen LogP contribution in [0.2, 0.25) is 0 Å². The van der Waals surface area contributed by atoms with Gasteiger partial charge in [0.15, 0.2) is 5.69 Å². The quantitative estimate of drug-likeness (QED) is 0.138. The van der Waals surface area contributed by atoms with Crippen molar-refractivity contribution in [3.8, 4) is 63.1 Å². The van der Waals surface area contributed by atoms with Crippen molar-refractivity contribution < 1.29 is 0 Å². The molecule has 0 aliphatic heterocycles. The minimum Gasteiger partial charge on any atom is -0.247 e. The summed E-state index contributed by atoms with van der Waals surface area (Å²) in [7, 11) is 0. The first kappa shape index (κ1) is 30.6. The molecule has 0 fully saturated rings. The monoisotopic (exact) mass is 649 g/mol. The smallest absolute Gasteiger partial charge is 0.187 e. The van der Waals surface area contributed by atoms with Gasteiger partial charge in [-0.1, -0.05) is 78.9 Å². The third-order valence-corrected chi connectivity index (χ3v) is 9.04. The Bertz CT molecular complexity index is 2870. The van der Waals surface area contributed by atoms with Crippen molar-refractivity contribution in [3.63, 3.8) is 0 Å². The first-order valence-electron chi connectivity index (χ1n) is 16.1. The molecule has 0 bridgehead atoms. The Morgan fingerprint density at radius 3 is 1.78 bits per heavy atom. The van der Waals surface area contributed by atoms with Crippen LogP contribution >= 0.6 is 0 Å². The van der Waals surface area contributed by atoms with E-state index in [2.05, 4.69) is 36.0 Å². The van der Waals surface area contributed by atoms with Gasteiger partial charge >= 0.3 is 0 Å². The maximum atomic E-state index is 9.75. The van der Waals surface area contributed by atoms with Gasteiger partial charge in [0.1, 0.15) is 0 Å². The van der Waals surface area contributed by atoms with Gasteiger partial charge in [0.05, 0.1) is 75.1 Å². The fourth-order valence-electron chi connectivity index (χ4n) is 6.70. The minimum atomic E-state index is 0.405. The summed E-state index contributed by atoms with van der Waals surface area (Å²) in [4.78, 5) is 19.5. The lowest BCUT2D eigenvalue weighted by Crippen LogP contribution is -2.00. The SMILES string of the molecule is [C-]#[N+]c1ccc(-c2nc3cc(C)c4c(-c5ccccc5-c5cc(C#N)cc(C#N)c5)nc5ccccc5c4c3nc2-c2ccc(C#N)cc2)cc1. The zero-order valence-electron chi connectivity index (χ0n) is 27.2. The molecule has 0 spiro atoms. The number of rotatable bonds is 4. The van der Waals surface area contributed by atoms with Gasteiger partial charge in [0.25, 0.3) is 0 Å². The molecule has 7 heteroatoms. The first-order chi connectivity index (χ1) is 25.0. The average Bonchev–Trinajstić information content (AvgIpc) is 3.19. The van der Waals surface area contributed by atoms with E-state index in [4.69, 9.17) is 21.5 Å². The summed E-state index contributed by atoms with van der Waals surface area (Å²) >= 11 is 0. The van der Waals surface area contributed by atoms with Gasteiger partial charge < -0.3 is 0 Å². The second-order valence-corrected chi connectivity index (χ2v) is 12.1. The van der Waals surface area contributed by atoms with Crippen LogP contribution in [-0.2, 0) is 0 Å². The number of aryl methyl sites for hydroxylation is 1. The molecule has 0 aliphatic rings. The van der Waals surface area contributed by atoms with Crippen LogP contribution in [0.5, 0.6) is 0 Å². The number of aromatic nitrogens is 3. The second-order valence-electron chi connectivity index (χ2n) is 12.1. The third kappa shape index (κ3) is 5.26. The van der Waals surface area contributed by atoms with E-state index >= 15 is 0 Å². The largest absolute Gasteiger partial charge is 0.247 e. The van der Waals surface area contributed by atoms with E-state index in [9.17, 15) is 15.8 Å². The molecule has 0 saturated heterocycles. The van der Waals surface area contributed by atoms with Crippen molar-refractivity contribution in [1.82, 2.24) is 15.0 Å². The summed E-state index contributed by atoms with van der Waals surface area (Å²) in [5.41, 5.74) is 11.2. The van der Waals surface area contributed by atoms with E-state index < -0.39 is 0 Å². The Labute approximate surface area is 293 Å². The molecule has 0 unspecified atom stereocenters. The third-order valence-electron chi connectivity index (χ3n) is 9.04. The molecule has 8 rings (SSSR count). The molecule has 0 saturated carbocycles. The molecule has 6 aromatic carbocycles. The van der Waals surface area contributed by atoms with E-state index in [-0.39, 0.29) is 0 Å². The van der Waals surface area contributed by atoms with Crippen LogP contribution in [-0.4, -0.2) is 15.0 Å². The highest BCUT2D eigenvalue weighted by molar-refractivity contribution is 6.22. The van der Waals surface area contributed by atoms with Crippen LogP contribution in [0.3, 0.4) is 0 Å². The highest BCUT2D eigenvalue weighted by Crippen LogP contribution is 2.43. The van der Waals surface area contributed by atoms with Crippen molar-refractivity contribution in [1.29, 1.82) is 15.8 Å². The number of benzene rings is 6. The number of para-hydroxylation sites is 1. The minimum absolute atomic E-state index is 0.405. The zero-order valence-corrected chi connectivity index (χ0v) is 27.2. The standard InChI is InChI=1S/C44H23N7/c1-26-19-38-44(51-42(30-13-11-27(23-45)12-14-30)41(50-38)31-15-17-33(48-2)18-16-31)40-36-9-5-6-10-37(36)49-43(39(26)40)35-8-4-3-7-34(35)32-21-28(24-46)20-29(22-32)25-47/h3-22H,1H3. The molecule has 0 atom stereocenters. The summed E-state index contributed by atoms with van der Waals surface area (Å²) in [5.74, 6) is 0. The fraction of sp³-hybridized carbons (Fsp3) is 0.0227. The normalized spacial score (nSPS) is 10.8. The number of hydrogen-bond donors (Lipinski definition) is 0. The summed E-state index contributed by atoms with van der Waals surface area (Å²) in [6, 6.07) is 44.3. The lowest BCUT2D eigenvalue weighted by molar-refractivity contribution is 1.29. The Morgan fingerprint density at radius 2 is 1.12 bits per heavy atom. The molecule has 2 heterocycles. The number of hydrogen-bond acceptors (Lipinski definition) is 6. The molecule has 0 amide bonds. The fourth-order valence-corrected chi connectivity index (χ4v) is 6.70. The van der Waals surface area contributed by atoms with Gasteiger partial charge in [-0.3, -0.25) is 0 Å². The molecule has 8 aromatic rings. The van der Waals surface area contributed by atoms with Crippen LogP contribution < -0.4 is 0 Å². The number of pyridine rings is 1. The van der Waals surface area contributed by atoms with Crippen LogP contribution in [0.1, 0.15) is 22.3 Å². The zero-order chi connectivity index (χ0) is 35.1. The lowest BCUT2D eigenvalue weighted by atomic mass is 9.90. The molecule has 0 radical (unpaired) electrons. The molecule has 0 aliphatic carbocycles. The summed E-state index contributed by atoms with van der Waals surface area (Å²) < 4.78 is 0. The highest BCUT2D eigenvalue weighted by Gasteiger charge is 2.22. The van der Waals surface area contributed by atoms with Gasteiger partial charge in [-0.15, -0.1) is 0 Å². The highest BCUT2D eigenvalue weighted by atomic mass is 14.8. The Hall–Kier alpha value is -7.71. The lowest BCUT2D eigenvalue weighted by Gasteiger charge is -2.18. The van der Waals surface area contributed by atoms with E-state index in [1.807, 2.05) is 72.8 Å². The molecule has 51 heavy (non-hydrogen) atoms. The van der Waals surface area contributed by atoms with E-state index in [0.29, 0.717) is 44.8 Å². The summed E-state index contributed by atoms with van der Waals surface area (Å²) in [5, 5.41) is 31.7. The van der Waals surface area contributed by atoms with Crippen molar-refractivity contribution in [2.24, 2.45) is 0 Å². The number of nitriles is 3. The van der Waals surface area contributed by atoms with Gasteiger partial charge in [-0.05, 0) is 71.6 Å². The maximum absolute atomic E-state index is 9.75. The molecule has 7 nitrogen and oxygen atoms in total. The first-order valence-corrected chi connectivity index (χ1v) is 16.1. The van der Waals surface area contributed by atoms with Crippen molar-refractivity contribution in [3.05, 3.63) is 155 Å². The number of nitrogens with zero attached hydrogens (tertiary/aromatic N) is 7. The van der Waals surface area contributed by atoms with E-state index in [1.54, 1.807) is 42.5 Å². The predicted molar refractivity (Wildman–Crippen MR) is 199 cm³/mol. The molecule has 0 N–H and O–H groups in total. The van der Waals surface area contributed by atoms with Crippen LogP contribution in [0.15, 0.2) is 121 Å². The van der Waals surface area contributed by atoms with Crippen LogP contribution in [0, 0.1) is 47.5 Å². The van der Waals surface area contributed by atoms with E-state index in [0.717, 1.165) is 60.8 Å². The topological polar surface area (TPSA) is 114 Å². The van der Waals surface area contributed by atoms with Crippen molar-refractivity contribution >= 4 is 38.4 Å². The summed E-state index contributed by atoms with van der Waals surface area (Å²) in [6.07, 6.45) is 0. The van der Waals surface area contributed by atoms with Crippen LogP contribution in [0.25, 0.3) is 82.5 Å². The average molecular weight is 650 g/mol. The van der Waals surface area contributed by atoms with Crippen LogP contribution in [0.4, 0.5) is 5.69 Å². The number of fused-ring (bicyclic) bond motifs is 5.